The predicted octanol–water partition coefficient (Wildman–Crippen LogP) is 10.7. The van der Waals surface area contributed by atoms with Crippen LogP contribution in [0.2, 0.25) is 0 Å². The third-order valence-electron chi connectivity index (χ3n) is 9.22. The van der Waals surface area contributed by atoms with Gasteiger partial charge in [0.2, 0.25) is 0 Å². The molecule has 0 heterocycles. The molecule has 2 aromatic rings. The van der Waals surface area contributed by atoms with Crippen LogP contribution in [0.4, 0.5) is 0 Å². The standard InChI is InChI=1S/C38H54O/c1-5-7-29(3)25-31-9-17-35(18-10-31)37-21-13-33(14-22-37)27-39-28-34-15-23-38(24-16-34)36-19-11-32(12-20-36)26-30(4)8-6-2/h9-13,15,17-20,29-30,37-38H,5-8,14,16,21-28H2,1-4H3. The minimum atomic E-state index is 0.669. The van der Waals surface area contributed by atoms with Crippen LogP contribution in [-0.4, -0.2) is 13.2 Å². The van der Waals surface area contributed by atoms with E-state index in [1.165, 1.54) is 97.6 Å². The molecule has 0 amide bonds. The number of allylic oxidation sites excluding steroid dienone is 2. The molecule has 0 aromatic heterocycles. The van der Waals surface area contributed by atoms with Gasteiger partial charge in [-0.3, -0.25) is 0 Å². The van der Waals surface area contributed by atoms with E-state index in [4.69, 9.17) is 4.74 Å². The Labute approximate surface area is 240 Å². The van der Waals surface area contributed by atoms with E-state index in [9.17, 15) is 0 Å². The van der Waals surface area contributed by atoms with Crippen LogP contribution in [0, 0.1) is 11.8 Å². The molecule has 2 aliphatic carbocycles. The van der Waals surface area contributed by atoms with Gasteiger partial charge in [0.25, 0.3) is 0 Å². The van der Waals surface area contributed by atoms with Crippen LogP contribution >= 0.6 is 0 Å². The minimum Gasteiger partial charge on any atom is -0.373 e. The average Bonchev–Trinajstić information content (AvgIpc) is 2.95. The second-order valence-electron chi connectivity index (χ2n) is 12.8. The Hall–Kier alpha value is -2.12. The molecule has 0 fully saturated rings. The number of hydrogen-bond donors (Lipinski definition) is 0. The van der Waals surface area contributed by atoms with Crippen molar-refractivity contribution in [2.45, 2.75) is 117 Å². The molecule has 212 valence electrons. The van der Waals surface area contributed by atoms with Crippen LogP contribution in [0.5, 0.6) is 0 Å². The zero-order valence-electron chi connectivity index (χ0n) is 25.4. The molecule has 1 nitrogen and oxygen atoms in total. The summed E-state index contributed by atoms with van der Waals surface area (Å²) in [7, 11) is 0. The van der Waals surface area contributed by atoms with Gasteiger partial charge < -0.3 is 4.74 Å². The molecule has 0 saturated carbocycles. The Kier molecular flexibility index (Phi) is 11.9. The Morgan fingerprint density at radius 1 is 0.641 bits per heavy atom. The van der Waals surface area contributed by atoms with Crippen LogP contribution in [0.3, 0.4) is 0 Å². The van der Waals surface area contributed by atoms with Crippen LogP contribution in [-0.2, 0) is 17.6 Å². The van der Waals surface area contributed by atoms with Gasteiger partial charge in [-0.25, -0.2) is 0 Å². The van der Waals surface area contributed by atoms with E-state index in [0.29, 0.717) is 11.8 Å². The van der Waals surface area contributed by atoms with Crippen molar-refractivity contribution in [1.29, 1.82) is 0 Å². The zero-order chi connectivity index (χ0) is 27.5. The zero-order valence-corrected chi connectivity index (χ0v) is 25.4. The Morgan fingerprint density at radius 3 is 1.38 bits per heavy atom. The van der Waals surface area contributed by atoms with Gasteiger partial charge in [0.15, 0.2) is 0 Å². The first-order valence-corrected chi connectivity index (χ1v) is 16.1. The molecule has 0 aliphatic heterocycles. The fourth-order valence-electron chi connectivity index (χ4n) is 6.80. The van der Waals surface area contributed by atoms with Crippen molar-refractivity contribution in [3.8, 4) is 0 Å². The van der Waals surface area contributed by atoms with Crippen molar-refractivity contribution < 1.29 is 4.74 Å². The molecular formula is C38H54O. The summed E-state index contributed by atoms with van der Waals surface area (Å²) in [6.07, 6.45) is 19.7. The van der Waals surface area contributed by atoms with E-state index >= 15 is 0 Å². The first-order valence-electron chi connectivity index (χ1n) is 16.1. The van der Waals surface area contributed by atoms with Gasteiger partial charge in [0.1, 0.15) is 0 Å². The fourth-order valence-corrected chi connectivity index (χ4v) is 6.80. The number of rotatable bonds is 14. The maximum atomic E-state index is 6.20. The topological polar surface area (TPSA) is 9.23 Å². The smallest absolute Gasteiger partial charge is 0.0681 e. The largest absolute Gasteiger partial charge is 0.373 e. The van der Waals surface area contributed by atoms with Crippen LogP contribution < -0.4 is 0 Å². The molecule has 0 N–H and O–H groups in total. The monoisotopic (exact) mass is 526 g/mol. The molecule has 2 aliphatic rings. The summed E-state index contributed by atoms with van der Waals surface area (Å²) < 4.78 is 6.20. The van der Waals surface area contributed by atoms with Gasteiger partial charge in [0.05, 0.1) is 13.2 Å². The number of hydrogen-bond acceptors (Lipinski definition) is 1. The first kappa shape index (κ1) is 29.9. The van der Waals surface area contributed by atoms with Gasteiger partial charge >= 0.3 is 0 Å². The third kappa shape index (κ3) is 9.49. The van der Waals surface area contributed by atoms with Crippen LogP contribution in [0.25, 0.3) is 0 Å². The third-order valence-corrected chi connectivity index (χ3v) is 9.22. The molecule has 0 saturated heterocycles. The summed E-state index contributed by atoms with van der Waals surface area (Å²) in [4.78, 5) is 0. The Morgan fingerprint density at radius 2 is 1.05 bits per heavy atom. The molecular weight excluding hydrogens is 472 g/mol. The van der Waals surface area contributed by atoms with E-state index in [1.807, 2.05) is 0 Å². The molecule has 4 rings (SSSR count). The highest BCUT2D eigenvalue weighted by Gasteiger charge is 2.19. The molecule has 1 heteroatoms. The molecule has 4 atom stereocenters. The van der Waals surface area contributed by atoms with E-state index in [2.05, 4.69) is 88.4 Å². The van der Waals surface area contributed by atoms with Crippen LogP contribution in [0.15, 0.2) is 71.8 Å². The lowest BCUT2D eigenvalue weighted by molar-refractivity contribution is 0.172. The lowest BCUT2D eigenvalue weighted by Gasteiger charge is -2.24. The van der Waals surface area contributed by atoms with Gasteiger partial charge in [-0.15, -0.1) is 0 Å². The van der Waals surface area contributed by atoms with E-state index in [0.717, 1.165) is 37.9 Å². The highest BCUT2D eigenvalue weighted by Crippen LogP contribution is 2.34. The van der Waals surface area contributed by atoms with Crippen molar-refractivity contribution in [2.75, 3.05) is 13.2 Å². The fraction of sp³-hybridized carbons (Fsp3) is 0.579. The molecule has 0 bridgehead atoms. The lowest BCUT2D eigenvalue weighted by atomic mass is 9.84. The quantitative estimate of drug-likeness (QED) is 0.222. The van der Waals surface area contributed by atoms with Crippen molar-refractivity contribution in [3.63, 3.8) is 0 Å². The minimum absolute atomic E-state index is 0.669. The number of ether oxygens (including phenoxy) is 1. The molecule has 39 heavy (non-hydrogen) atoms. The second kappa shape index (κ2) is 15.6. The molecule has 4 unspecified atom stereocenters. The summed E-state index contributed by atoms with van der Waals surface area (Å²) in [6.45, 7) is 10.9. The highest BCUT2D eigenvalue weighted by molar-refractivity contribution is 5.29. The average molecular weight is 527 g/mol. The lowest BCUT2D eigenvalue weighted by Crippen LogP contribution is -2.11. The summed E-state index contributed by atoms with van der Waals surface area (Å²) >= 11 is 0. The van der Waals surface area contributed by atoms with Crippen LogP contribution in [0.1, 0.15) is 126 Å². The maximum Gasteiger partial charge on any atom is 0.0681 e. The predicted molar refractivity (Wildman–Crippen MR) is 169 cm³/mol. The summed E-state index contributed by atoms with van der Waals surface area (Å²) in [5.74, 6) is 2.91. The van der Waals surface area contributed by atoms with Crippen molar-refractivity contribution in [3.05, 3.63) is 94.1 Å². The van der Waals surface area contributed by atoms with Gasteiger partial charge in [-0.1, -0.05) is 114 Å². The first-order chi connectivity index (χ1) is 19.0. The number of benzene rings is 2. The van der Waals surface area contributed by atoms with Crippen molar-refractivity contribution in [1.82, 2.24) is 0 Å². The molecule has 2 aromatic carbocycles. The van der Waals surface area contributed by atoms with Gasteiger partial charge in [-0.05, 0) is 108 Å². The summed E-state index contributed by atoms with van der Waals surface area (Å²) in [6, 6.07) is 19.0. The summed E-state index contributed by atoms with van der Waals surface area (Å²) in [5.41, 5.74) is 9.02. The molecule has 0 spiro atoms. The van der Waals surface area contributed by atoms with E-state index in [-0.39, 0.29) is 0 Å². The Balaban J connectivity index is 1.16. The highest BCUT2D eigenvalue weighted by atomic mass is 16.5. The summed E-state index contributed by atoms with van der Waals surface area (Å²) in [5, 5.41) is 0. The molecule has 0 radical (unpaired) electrons. The van der Waals surface area contributed by atoms with Crippen molar-refractivity contribution in [2.24, 2.45) is 11.8 Å². The van der Waals surface area contributed by atoms with Gasteiger partial charge in [0, 0.05) is 0 Å². The maximum absolute atomic E-state index is 6.20. The Bertz CT molecular complexity index is 956. The van der Waals surface area contributed by atoms with E-state index < -0.39 is 0 Å². The van der Waals surface area contributed by atoms with E-state index in [1.54, 1.807) is 0 Å². The second-order valence-corrected chi connectivity index (χ2v) is 12.8. The SMILES string of the molecule is CCCC(C)Cc1ccc(C2CC=C(COCC3=CCC(c4ccc(CC(C)CCC)cc4)CC3)CC2)cc1. The normalized spacial score (nSPS) is 21.2. The van der Waals surface area contributed by atoms with Crippen molar-refractivity contribution >= 4 is 0 Å². The van der Waals surface area contributed by atoms with Gasteiger partial charge in [-0.2, -0.15) is 0 Å².